The summed E-state index contributed by atoms with van der Waals surface area (Å²) in [7, 11) is 0. The number of hydrogen-bond acceptors (Lipinski definition) is 11. The summed E-state index contributed by atoms with van der Waals surface area (Å²) < 4.78 is 30.8. The van der Waals surface area contributed by atoms with Gasteiger partial charge in [-0.3, -0.25) is 24.0 Å². The molecule has 152 valence electrons. The first-order valence-electron chi connectivity index (χ1n) is 7.99. The van der Waals surface area contributed by atoms with E-state index in [4.69, 9.17) is 28.4 Å². The molecule has 11 nitrogen and oxygen atoms in total. The second kappa shape index (κ2) is 9.86. The first-order valence-corrected chi connectivity index (χ1v) is 7.99. The summed E-state index contributed by atoms with van der Waals surface area (Å²) in [6, 6.07) is 0. The SMILES string of the molecule is CC(=O)OCC1O[C@@H](OC(C)=O)C(OC(C)=O)[C@H](OC(C)=O)[C@@H]1OC(C)=O. The third-order valence-corrected chi connectivity index (χ3v) is 3.23. The van der Waals surface area contributed by atoms with E-state index in [1.807, 2.05) is 0 Å². The van der Waals surface area contributed by atoms with Gasteiger partial charge in [0.25, 0.3) is 0 Å². The summed E-state index contributed by atoms with van der Waals surface area (Å²) >= 11 is 0. The predicted octanol–water partition coefficient (Wildman–Crippen LogP) is -0.367. The fraction of sp³-hybridized carbons (Fsp3) is 0.688. The number of rotatable bonds is 6. The van der Waals surface area contributed by atoms with Crippen LogP contribution in [0.1, 0.15) is 34.6 Å². The normalized spacial score (nSPS) is 27.1. The Morgan fingerprint density at radius 3 is 1.52 bits per heavy atom. The highest BCUT2D eigenvalue weighted by molar-refractivity contribution is 5.69. The minimum Gasteiger partial charge on any atom is -0.463 e. The monoisotopic (exact) mass is 390 g/mol. The minimum atomic E-state index is -1.48. The second-order valence-corrected chi connectivity index (χ2v) is 5.68. The van der Waals surface area contributed by atoms with Crippen molar-refractivity contribution in [3.05, 3.63) is 0 Å². The second-order valence-electron chi connectivity index (χ2n) is 5.68. The molecular formula is C16H22O11. The van der Waals surface area contributed by atoms with Crippen LogP contribution in [0.5, 0.6) is 0 Å². The van der Waals surface area contributed by atoms with E-state index < -0.39 is 67.2 Å². The van der Waals surface area contributed by atoms with Crippen LogP contribution < -0.4 is 0 Å². The van der Waals surface area contributed by atoms with E-state index in [-0.39, 0.29) is 0 Å². The van der Waals surface area contributed by atoms with Gasteiger partial charge in [0.15, 0.2) is 12.2 Å². The van der Waals surface area contributed by atoms with Crippen LogP contribution in [0.15, 0.2) is 0 Å². The maximum atomic E-state index is 11.5. The number of ether oxygens (including phenoxy) is 6. The van der Waals surface area contributed by atoms with Gasteiger partial charge in [0.2, 0.25) is 12.4 Å². The fourth-order valence-electron chi connectivity index (χ4n) is 2.45. The van der Waals surface area contributed by atoms with E-state index in [1.54, 1.807) is 0 Å². The number of esters is 5. The lowest BCUT2D eigenvalue weighted by atomic mass is 9.98. The van der Waals surface area contributed by atoms with E-state index in [9.17, 15) is 24.0 Å². The molecular weight excluding hydrogens is 368 g/mol. The summed E-state index contributed by atoms with van der Waals surface area (Å²) in [5.41, 5.74) is 0. The maximum absolute atomic E-state index is 11.5. The van der Waals surface area contributed by atoms with Crippen LogP contribution in [0.2, 0.25) is 0 Å². The molecule has 0 spiro atoms. The minimum absolute atomic E-state index is 0.393. The molecule has 1 aliphatic rings. The van der Waals surface area contributed by atoms with Crippen molar-refractivity contribution in [2.24, 2.45) is 0 Å². The Kier molecular flexibility index (Phi) is 8.16. The third kappa shape index (κ3) is 7.21. The highest BCUT2D eigenvalue weighted by Gasteiger charge is 2.53. The Hall–Kier alpha value is -2.69. The lowest BCUT2D eigenvalue weighted by Gasteiger charge is -2.43. The van der Waals surface area contributed by atoms with E-state index in [2.05, 4.69) is 0 Å². The van der Waals surface area contributed by atoms with Crippen molar-refractivity contribution in [3.8, 4) is 0 Å². The first-order chi connectivity index (χ1) is 12.5. The zero-order valence-corrected chi connectivity index (χ0v) is 15.6. The zero-order chi connectivity index (χ0) is 20.7. The Bertz CT molecular complexity index is 599. The van der Waals surface area contributed by atoms with Crippen LogP contribution in [-0.4, -0.2) is 67.2 Å². The molecule has 0 saturated carbocycles. The molecule has 2 unspecified atom stereocenters. The molecule has 0 radical (unpaired) electrons. The molecule has 11 heteroatoms. The van der Waals surface area contributed by atoms with Crippen LogP contribution in [0.4, 0.5) is 0 Å². The van der Waals surface area contributed by atoms with Gasteiger partial charge in [0.1, 0.15) is 12.7 Å². The highest BCUT2D eigenvalue weighted by atomic mass is 16.7. The largest absolute Gasteiger partial charge is 0.463 e. The van der Waals surface area contributed by atoms with Crippen molar-refractivity contribution in [2.75, 3.05) is 6.61 Å². The number of hydrogen-bond donors (Lipinski definition) is 0. The average molecular weight is 390 g/mol. The molecule has 0 amide bonds. The molecule has 0 N–H and O–H groups in total. The highest BCUT2D eigenvalue weighted by Crippen LogP contribution is 2.29. The van der Waals surface area contributed by atoms with Crippen molar-refractivity contribution in [2.45, 2.75) is 65.3 Å². The summed E-state index contributed by atoms with van der Waals surface area (Å²) in [5, 5.41) is 0. The topological polar surface area (TPSA) is 141 Å². The molecule has 1 rings (SSSR count). The smallest absolute Gasteiger partial charge is 0.305 e. The van der Waals surface area contributed by atoms with Gasteiger partial charge >= 0.3 is 29.8 Å². The molecule has 1 saturated heterocycles. The van der Waals surface area contributed by atoms with Crippen LogP contribution >= 0.6 is 0 Å². The van der Waals surface area contributed by atoms with E-state index in [0.717, 1.165) is 34.6 Å². The van der Waals surface area contributed by atoms with Crippen molar-refractivity contribution < 1.29 is 52.4 Å². The summed E-state index contributed by atoms with van der Waals surface area (Å²) in [4.78, 5) is 57.0. The van der Waals surface area contributed by atoms with E-state index >= 15 is 0 Å². The van der Waals surface area contributed by atoms with Crippen molar-refractivity contribution >= 4 is 29.8 Å². The van der Waals surface area contributed by atoms with Crippen LogP contribution in [0, 0.1) is 0 Å². The number of carbonyl (C=O) groups excluding carboxylic acids is 5. The molecule has 5 atom stereocenters. The Morgan fingerprint density at radius 1 is 0.630 bits per heavy atom. The van der Waals surface area contributed by atoms with Gasteiger partial charge in [-0.25, -0.2) is 0 Å². The van der Waals surface area contributed by atoms with Gasteiger partial charge in [0.05, 0.1) is 0 Å². The van der Waals surface area contributed by atoms with E-state index in [0.29, 0.717) is 0 Å². The molecule has 1 heterocycles. The Balaban J connectivity index is 3.29. The fourth-order valence-corrected chi connectivity index (χ4v) is 2.45. The van der Waals surface area contributed by atoms with Crippen molar-refractivity contribution in [1.82, 2.24) is 0 Å². The third-order valence-electron chi connectivity index (χ3n) is 3.23. The number of carbonyl (C=O) groups is 5. The van der Waals surface area contributed by atoms with Gasteiger partial charge in [-0.15, -0.1) is 0 Å². The molecule has 27 heavy (non-hydrogen) atoms. The molecule has 0 aromatic carbocycles. The van der Waals surface area contributed by atoms with Gasteiger partial charge in [0, 0.05) is 34.6 Å². The zero-order valence-electron chi connectivity index (χ0n) is 15.6. The van der Waals surface area contributed by atoms with Crippen LogP contribution in [-0.2, 0) is 52.4 Å². The van der Waals surface area contributed by atoms with Crippen molar-refractivity contribution in [3.63, 3.8) is 0 Å². The molecule has 0 aromatic heterocycles. The van der Waals surface area contributed by atoms with Crippen LogP contribution in [0.3, 0.4) is 0 Å². The van der Waals surface area contributed by atoms with E-state index in [1.165, 1.54) is 0 Å². The molecule has 0 aromatic rings. The lowest BCUT2D eigenvalue weighted by molar-refractivity contribution is -0.300. The molecule has 1 aliphatic heterocycles. The molecule has 0 bridgehead atoms. The quantitative estimate of drug-likeness (QED) is 0.433. The predicted molar refractivity (Wildman–Crippen MR) is 83.7 cm³/mol. The van der Waals surface area contributed by atoms with Gasteiger partial charge in [-0.2, -0.15) is 0 Å². The van der Waals surface area contributed by atoms with Crippen molar-refractivity contribution in [1.29, 1.82) is 0 Å². The molecule has 1 fully saturated rings. The summed E-state index contributed by atoms with van der Waals surface area (Å²) in [5.74, 6) is -3.71. The Labute approximate surface area is 155 Å². The summed E-state index contributed by atoms with van der Waals surface area (Å²) in [6.45, 7) is 5.13. The first kappa shape index (κ1) is 22.4. The molecule has 0 aliphatic carbocycles. The maximum Gasteiger partial charge on any atom is 0.305 e. The van der Waals surface area contributed by atoms with Gasteiger partial charge in [-0.05, 0) is 0 Å². The standard InChI is InChI=1S/C16H22O11/c1-7(17)22-6-12-13(23-8(2)18)14(24-9(3)19)15(25-10(4)20)16(27-12)26-11(5)21/h12-16H,6H2,1-5H3/t12?,13-,14-,15?,16-/m1/s1. The van der Waals surface area contributed by atoms with Gasteiger partial charge in [-0.1, -0.05) is 0 Å². The average Bonchev–Trinajstić information content (AvgIpc) is 2.49. The Morgan fingerprint density at radius 2 is 1.07 bits per heavy atom. The van der Waals surface area contributed by atoms with Crippen LogP contribution in [0.25, 0.3) is 0 Å². The van der Waals surface area contributed by atoms with Gasteiger partial charge < -0.3 is 28.4 Å². The summed E-state index contributed by atoms with van der Waals surface area (Å²) in [6.07, 6.45) is -6.70. The lowest BCUT2D eigenvalue weighted by Crippen LogP contribution is -2.63.